The van der Waals surface area contributed by atoms with Crippen molar-refractivity contribution in [3.05, 3.63) is 29.8 Å². The van der Waals surface area contributed by atoms with Gasteiger partial charge in [0.15, 0.2) is 0 Å². The monoisotopic (exact) mass is 290 g/mol. The van der Waals surface area contributed by atoms with Crippen LogP contribution in [0.5, 0.6) is 5.75 Å². The van der Waals surface area contributed by atoms with E-state index in [2.05, 4.69) is 5.32 Å². The molecule has 3 N–H and O–H groups in total. The molecular weight excluding hydrogens is 264 g/mol. The average Bonchev–Trinajstić information content (AvgIpc) is 2.54. The summed E-state index contributed by atoms with van der Waals surface area (Å²) < 4.78 is 5.83. The predicted molar refractivity (Wildman–Crippen MR) is 84.5 cm³/mol. The van der Waals surface area contributed by atoms with Crippen LogP contribution in [0.1, 0.15) is 49.4 Å². The maximum atomic E-state index is 11.9. The molecule has 1 aromatic carbocycles. The lowest BCUT2D eigenvalue weighted by Gasteiger charge is -2.21. The number of amides is 1. The third kappa shape index (κ3) is 5.05. The van der Waals surface area contributed by atoms with Gasteiger partial charge >= 0.3 is 0 Å². The summed E-state index contributed by atoms with van der Waals surface area (Å²) in [5, 5.41) is 2.84. The maximum absolute atomic E-state index is 11.9. The molecule has 21 heavy (non-hydrogen) atoms. The van der Waals surface area contributed by atoms with E-state index in [0.29, 0.717) is 18.0 Å². The van der Waals surface area contributed by atoms with Crippen LogP contribution in [-0.4, -0.2) is 25.1 Å². The third-order valence-corrected chi connectivity index (χ3v) is 4.06. The largest absolute Gasteiger partial charge is 0.493 e. The summed E-state index contributed by atoms with van der Waals surface area (Å²) in [4.78, 5) is 11.9. The molecule has 4 heteroatoms. The fourth-order valence-electron chi connectivity index (χ4n) is 2.64. The Balaban J connectivity index is 1.82. The zero-order valence-corrected chi connectivity index (χ0v) is 12.8. The van der Waals surface area contributed by atoms with Gasteiger partial charge in [0.2, 0.25) is 0 Å². The van der Waals surface area contributed by atoms with E-state index in [4.69, 9.17) is 10.5 Å². The van der Waals surface area contributed by atoms with E-state index < -0.39 is 0 Å². The molecule has 116 valence electrons. The summed E-state index contributed by atoms with van der Waals surface area (Å²) in [6, 6.07) is 7.32. The molecule has 0 saturated heterocycles. The van der Waals surface area contributed by atoms with Gasteiger partial charge in [-0.05, 0) is 49.9 Å². The molecule has 1 fully saturated rings. The Bertz CT molecular complexity index is 439. The number of benzene rings is 1. The standard InChI is InChI=1S/C17H26N2O2/c1-13(11-18)19-17(20)15-7-9-16(10-8-15)21-12-14-5-3-2-4-6-14/h7-10,13-14H,2-6,11-12,18H2,1H3,(H,19,20)/t13-/m0/s1. The van der Waals surface area contributed by atoms with Crippen molar-refractivity contribution in [2.75, 3.05) is 13.2 Å². The first-order valence-corrected chi connectivity index (χ1v) is 7.93. The highest BCUT2D eigenvalue weighted by Gasteiger charge is 2.14. The average molecular weight is 290 g/mol. The number of carbonyl (C=O) groups is 1. The second-order valence-corrected chi connectivity index (χ2v) is 5.95. The van der Waals surface area contributed by atoms with Gasteiger partial charge in [-0.3, -0.25) is 4.79 Å². The van der Waals surface area contributed by atoms with Gasteiger partial charge in [-0.1, -0.05) is 19.3 Å². The second kappa shape index (κ2) is 8.03. The number of hydrogen-bond acceptors (Lipinski definition) is 3. The van der Waals surface area contributed by atoms with Crippen molar-refractivity contribution in [2.45, 2.75) is 45.1 Å². The van der Waals surface area contributed by atoms with Crippen molar-refractivity contribution < 1.29 is 9.53 Å². The van der Waals surface area contributed by atoms with E-state index in [-0.39, 0.29) is 11.9 Å². The Morgan fingerprint density at radius 3 is 2.57 bits per heavy atom. The molecule has 2 rings (SSSR count). The van der Waals surface area contributed by atoms with Gasteiger partial charge < -0.3 is 15.8 Å². The molecule has 1 aliphatic carbocycles. The Kier molecular flexibility index (Phi) is 6.05. The third-order valence-electron chi connectivity index (χ3n) is 4.06. The van der Waals surface area contributed by atoms with Crippen LogP contribution in [0, 0.1) is 5.92 Å². The first kappa shape index (κ1) is 15.8. The van der Waals surface area contributed by atoms with Gasteiger partial charge in [0.1, 0.15) is 5.75 Å². The van der Waals surface area contributed by atoms with Crippen molar-refractivity contribution in [1.29, 1.82) is 0 Å². The minimum absolute atomic E-state index is 0.0141. The smallest absolute Gasteiger partial charge is 0.251 e. The lowest BCUT2D eigenvalue weighted by molar-refractivity contribution is 0.0941. The summed E-state index contributed by atoms with van der Waals surface area (Å²) in [6.45, 7) is 3.11. The molecule has 0 spiro atoms. The number of nitrogens with two attached hydrogens (primary N) is 1. The van der Waals surface area contributed by atoms with Crippen LogP contribution in [0.15, 0.2) is 24.3 Å². The lowest BCUT2D eigenvalue weighted by Crippen LogP contribution is -2.37. The first-order chi connectivity index (χ1) is 10.2. The molecule has 0 aromatic heterocycles. The van der Waals surface area contributed by atoms with E-state index >= 15 is 0 Å². The summed E-state index contributed by atoms with van der Waals surface area (Å²) in [6.07, 6.45) is 6.56. The molecule has 0 aliphatic heterocycles. The quantitative estimate of drug-likeness (QED) is 0.846. The second-order valence-electron chi connectivity index (χ2n) is 5.95. The zero-order chi connectivity index (χ0) is 15.1. The van der Waals surface area contributed by atoms with E-state index in [0.717, 1.165) is 12.4 Å². The highest BCUT2D eigenvalue weighted by atomic mass is 16.5. The number of nitrogens with one attached hydrogen (secondary N) is 1. The van der Waals surface area contributed by atoms with E-state index in [1.54, 1.807) is 12.1 Å². The molecule has 0 radical (unpaired) electrons. The number of carbonyl (C=O) groups excluding carboxylic acids is 1. The normalized spacial score (nSPS) is 17.2. The summed E-state index contributed by atoms with van der Waals surface area (Å²) in [7, 11) is 0. The molecule has 1 atom stereocenters. The van der Waals surface area contributed by atoms with Gasteiger partial charge in [0, 0.05) is 18.2 Å². The summed E-state index contributed by atoms with van der Waals surface area (Å²) in [5.74, 6) is 1.43. The Labute approximate surface area is 127 Å². The lowest BCUT2D eigenvalue weighted by atomic mass is 9.90. The van der Waals surface area contributed by atoms with Crippen LogP contribution in [0.25, 0.3) is 0 Å². The van der Waals surface area contributed by atoms with Crippen molar-refractivity contribution >= 4 is 5.91 Å². The molecule has 1 saturated carbocycles. The van der Waals surface area contributed by atoms with Crippen LogP contribution in [-0.2, 0) is 0 Å². The first-order valence-electron chi connectivity index (χ1n) is 7.93. The van der Waals surface area contributed by atoms with Gasteiger partial charge in [0.25, 0.3) is 5.91 Å². The highest BCUT2D eigenvalue weighted by molar-refractivity contribution is 5.94. The highest BCUT2D eigenvalue weighted by Crippen LogP contribution is 2.24. The minimum Gasteiger partial charge on any atom is -0.493 e. The minimum atomic E-state index is -0.0909. The maximum Gasteiger partial charge on any atom is 0.251 e. The number of ether oxygens (including phenoxy) is 1. The van der Waals surface area contributed by atoms with Gasteiger partial charge in [0.05, 0.1) is 6.61 Å². The molecule has 0 bridgehead atoms. The molecule has 4 nitrogen and oxygen atoms in total. The summed E-state index contributed by atoms with van der Waals surface area (Å²) in [5.41, 5.74) is 6.14. The van der Waals surface area contributed by atoms with Gasteiger partial charge in [-0.15, -0.1) is 0 Å². The van der Waals surface area contributed by atoms with Crippen LogP contribution in [0.2, 0.25) is 0 Å². The van der Waals surface area contributed by atoms with Crippen LogP contribution in [0.3, 0.4) is 0 Å². The fourth-order valence-corrected chi connectivity index (χ4v) is 2.64. The topological polar surface area (TPSA) is 64.3 Å². The molecule has 1 aliphatic rings. The number of rotatable bonds is 6. The van der Waals surface area contributed by atoms with Crippen molar-refractivity contribution in [3.63, 3.8) is 0 Å². The van der Waals surface area contributed by atoms with E-state index in [1.807, 2.05) is 19.1 Å². The summed E-state index contributed by atoms with van der Waals surface area (Å²) >= 11 is 0. The van der Waals surface area contributed by atoms with E-state index in [9.17, 15) is 4.79 Å². The van der Waals surface area contributed by atoms with Crippen LogP contribution < -0.4 is 15.8 Å². The number of hydrogen-bond donors (Lipinski definition) is 2. The van der Waals surface area contributed by atoms with Crippen molar-refractivity contribution in [2.24, 2.45) is 11.7 Å². The molecule has 1 aromatic rings. The molecule has 1 amide bonds. The Hall–Kier alpha value is -1.55. The van der Waals surface area contributed by atoms with Crippen LogP contribution in [0.4, 0.5) is 0 Å². The molecule has 0 unspecified atom stereocenters. The molecular formula is C17H26N2O2. The zero-order valence-electron chi connectivity index (χ0n) is 12.8. The SMILES string of the molecule is C[C@@H](CN)NC(=O)c1ccc(OCC2CCCCC2)cc1. The van der Waals surface area contributed by atoms with E-state index in [1.165, 1.54) is 32.1 Å². The Morgan fingerprint density at radius 2 is 1.95 bits per heavy atom. The van der Waals surface area contributed by atoms with Gasteiger partial charge in [-0.2, -0.15) is 0 Å². The van der Waals surface area contributed by atoms with Crippen molar-refractivity contribution in [1.82, 2.24) is 5.32 Å². The Morgan fingerprint density at radius 1 is 1.29 bits per heavy atom. The predicted octanol–water partition coefficient (Wildman–Crippen LogP) is 2.72. The fraction of sp³-hybridized carbons (Fsp3) is 0.588. The van der Waals surface area contributed by atoms with Crippen molar-refractivity contribution in [3.8, 4) is 5.75 Å². The van der Waals surface area contributed by atoms with Gasteiger partial charge in [-0.25, -0.2) is 0 Å². The molecule has 0 heterocycles. The van der Waals surface area contributed by atoms with Crippen LogP contribution >= 0.6 is 0 Å².